The Morgan fingerprint density at radius 1 is 1.35 bits per heavy atom. The van der Waals surface area contributed by atoms with Gasteiger partial charge in [-0.3, -0.25) is 4.79 Å². The molecule has 0 radical (unpaired) electrons. The summed E-state index contributed by atoms with van der Waals surface area (Å²) in [6, 6.07) is 6.89. The van der Waals surface area contributed by atoms with E-state index >= 15 is 0 Å². The fraction of sp³-hybridized carbons (Fsp3) is 0.526. The molecule has 1 amide bonds. The molecule has 0 aromatic heterocycles. The van der Waals surface area contributed by atoms with E-state index in [1.807, 2.05) is 20.8 Å². The molecule has 142 valence electrons. The number of hydrogen-bond donors (Lipinski definition) is 1. The van der Waals surface area contributed by atoms with E-state index in [9.17, 15) is 14.9 Å². The first-order chi connectivity index (χ1) is 12.3. The van der Waals surface area contributed by atoms with Crippen molar-refractivity contribution in [3.8, 4) is 11.8 Å². The Morgan fingerprint density at radius 2 is 2.04 bits per heavy atom. The van der Waals surface area contributed by atoms with Gasteiger partial charge in [0.1, 0.15) is 11.3 Å². The molecule has 7 nitrogen and oxygen atoms in total. The molecule has 26 heavy (non-hydrogen) atoms. The molecule has 1 rings (SSSR count). The van der Waals surface area contributed by atoms with Gasteiger partial charge in [-0.15, -0.1) is 0 Å². The first-order valence-corrected chi connectivity index (χ1v) is 8.41. The molecule has 0 saturated carbocycles. The van der Waals surface area contributed by atoms with Gasteiger partial charge in [-0.25, -0.2) is 4.79 Å². The molecule has 0 heterocycles. The van der Waals surface area contributed by atoms with Crippen LogP contribution in [-0.2, 0) is 20.9 Å². The summed E-state index contributed by atoms with van der Waals surface area (Å²) in [7, 11) is 1.54. The Labute approximate surface area is 154 Å². The lowest BCUT2D eigenvalue weighted by Gasteiger charge is -2.27. The van der Waals surface area contributed by atoms with Crippen LogP contribution >= 0.6 is 0 Å². The van der Waals surface area contributed by atoms with Gasteiger partial charge in [-0.1, -0.05) is 13.8 Å². The highest BCUT2D eigenvalue weighted by Crippen LogP contribution is 2.21. The maximum absolute atomic E-state index is 12.2. The molecule has 0 aliphatic heterocycles. The van der Waals surface area contributed by atoms with Crippen LogP contribution in [0.2, 0.25) is 0 Å². The second-order valence-electron chi connectivity index (χ2n) is 6.26. The predicted octanol–water partition coefficient (Wildman–Crippen LogP) is 2.44. The van der Waals surface area contributed by atoms with E-state index in [1.165, 1.54) is 7.11 Å². The molecular formula is C19H26N2O5. The van der Waals surface area contributed by atoms with Crippen LogP contribution in [0.25, 0.3) is 0 Å². The molecule has 1 aromatic rings. The number of nitriles is 1. The van der Waals surface area contributed by atoms with E-state index in [0.717, 1.165) is 0 Å². The highest BCUT2D eigenvalue weighted by atomic mass is 16.5. The second-order valence-corrected chi connectivity index (χ2v) is 6.26. The summed E-state index contributed by atoms with van der Waals surface area (Å²) < 4.78 is 15.6. The van der Waals surface area contributed by atoms with Gasteiger partial charge < -0.3 is 19.5 Å². The number of benzene rings is 1. The average Bonchev–Trinajstić information content (AvgIpc) is 2.63. The van der Waals surface area contributed by atoms with E-state index < -0.39 is 24.0 Å². The van der Waals surface area contributed by atoms with Gasteiger partial charge in [0.2, 0.25) is 0 Å². The topological polar surface area (TPSA) is 97.6 Å². The van der Waals surface area contributed by atoms with Gasteiger partial charge in [-0.2, -0.15) is 5.26 Å². The van der Waals surface area contributed by atoms with Crippen LogP contribution in [0, 0.1) is 17.2 Å². The lowest BCUT2D eigenvalue weighted by molar-refractivity contribution is -0.125. The molecule has 0 spiro atoms. The number of hydrogen-bond acceptors (Lipinski definition) is 6. The monoisotopic (exact) mass is 362 g/mol. The van der Waals surface area contributed by atoms with Crippen LogP contribution in [0.5, 0.6) is 5.75 Å². The normalized spacial score (nSPS) is 12.8. The fourth-order valence-electron chi connectivity index (χ4n) is 2.07. The number of nitrogens with one attached hydrogen (secondary N) is 1. The molecule has 0 bridgehead atoms. The summed E-state index contributed by atoms with van der Waals surface area (Å²) in [5.74, 6) is -0.646. The van der Waals surface area contributed by atoms with E-state index in [-0.39, 0.29) is 5.92 Å². The summed E-state index contributed by atoms with van der Waals surface area (Å²) >= 11 is 0. The molecular weight excluding hydrogens is 336 g/mol. The lowest BCUT2D eigenvalue weighted by Crippen LogP contribution is -2.50. The van der Waals surface area contributed by atoms with Crippen molar-refractivity contribution in [1.29, 1.82) is 5.26 Å². The summed E-state index contributed by atoms with van der Waals surface area (Å²) in [4.78, 5) is 24.2. The van der Waals surface area contributed by atoms with Gasteiger partial charge >= 0.3 is 5.97 Å². The van der Waals surface area contributed by atoms with Crippen LogP contribution in [0.15, 0.2) is 18.2 Å². The minimum Gasteiger partial charge on any atom is -0.496 e. The molecule has 1 atom stereocenters. The van der Waals surface area contributed by atoms with Crippen molar-refractivity contribution >= 4 is 11.9 Å². The van der Waals surface area contributed by atoms with E-state index in [2.05, 4.69) is 11.4 Å². The Kier molecular flexibility index (Phi) is 8.07. The molecule has 0 aliphatic carbocycles. The third-order valence-electron chi connectivity index (χ3n) is 4.10. The van der Waals surface area contributed by atoms with Gasteiger partial charge in [0.05, 0.1) is 25.3 Å². The lowest BCUT2D eigenvalue weighted by atomic mass is 9.90. The standard InChI is InChI=1S/C19H26N2O5/c1-6-25-10-15-9-14(7-8-16(15)24-5)18(23)26-11-17(22)21-19(4,12-20)13(2)3/h7-9,13H,6,10-11H2,1-5H3,(H,21,22)/t19-/m1/s1. The minimum atomic E-state index is -1.02. The number of esters is 1. The maximum Gasteiger partial charge on any atom is 0.338 e. The smallest absolute Gasteiger partial charge is 0.338 e. The number of carbonyl (C=O) groups excluding carboxylic acids is 2. The van der Waals surface area contributed by atoms with E-state index in [1.54, 1.807) is 25.1 Å². The number of rotatable bonds is 9. The zero-order valence-electron chi connectivity index (χ0n) is 15.9. The predicted molar refractivity (Wildman–Crippen MR) is 95.6 cm³/mol. The Balaban J connectivity index is 2.73. The highest BCUT2D eigenvalue weighted by Gasteiger charge is 2.30. The van der Waals surface area contributed by atoms with E-state index in [0.29, 0.717) is 30.1 Å². The van der Waals surface area contributed by atoms with Crippen molar-refractivity contribution < 1.29 is 23.8 Å². The number of ether oxygens (including phenoxy) is 3. The summed E-state index contributed by atoms with van der Waals surface area (Å²) in [6.07, 6.45) is 0. The Morgan fingerprint density at radius 3 is 2.58 bits per heavy atom. The van der Waals surface area contributed by atoms with Crippen molar-refractivity contribution in [1.82, 2.24) is 5.32 Å². The Bertz CT molecular complexity index is 681. The van der Waals surface area contributed by atoms with Crippen LogP contribution in [-0.4, -0.2) is 37.7 Å². The quantitative estimate of drug-likeness (QED) is 0.678. The minimum absolute atomic E-state index is 0.0881. The SMILES string of the molecule is CCOCc1cc(C(=O)OCC(=O)N[C@](C)(C#N)C(C)C)ccc1OC. The average molecular weight is 362 g/mol. The third kappa shape index (κ3) is 5.74. The second kappa shape index (κ2) is 9.78. The van der Waals surface area contributed by atoms with Crippen molar-refractivity contribution in [2.24, 2.45) is 5.92 Å². The van der Waals surface area contributed by atoms with Crippen LogP contribution in [0.3, 0.4) is 0 Å². The van der Waals surface area contributed by atoms with Crippen LogP contribution < -0.4 is 10.1 Å². The fourth-order valence-corrected chi connectivity index (χ4v) is 2.07. The molecule has 7 heteroatoms. The molecule has 0 unspecified atom stereocenters. The van der Waals surface area contributed by atoms with Gasteiger partial charge in [0, 0.05) is 12.2 Å². The van der Waals surface area contributed by atoms with Crippen molar-refractivity contribution in [3.05, 3.63) is 29.3 Å². The third-order valence-corrected chi connectivity index (χ3v) is 4.10. The maximum atomic E-state index is 12.2. The summed E-state index contributed by atoms with van der Waals surface area (Å²) in [5, 5.41) is 11.8. The summed E-state index contributed by atoms with van der Waals surface area (Å²) in [6.45, 7) is 7.52. The van der Waals surface area contributed by atoms with Crippen molar-refractivity contribution in [3.63, 3.8) is 0 Å². The Hall–Kier alpha value is -2.59. The molecule has 0 aliphatic rings. The molecule has 1 aromatic carbocycles. The number of carbonyl (C=O) groups is 2. The summed E-state index contributed by atoms with van der Waals surface area (Å²) in [5.41, 5.74) is -0.0147. The van der Waals surface area contributed by atoms with Gasteiger partial charge in [0.25, 0.3) is 5.91 Å². The number of methoxy groups -OCH3 is 1. The molecule has 1 N–H and O–H groups in total. The number of amides is 1. The van der Waals surface area contributed by atoms with Gasteiger partial charge in [-0.05, 0) is 38.0 Å². The van der Waals surface area contributed by atoms with Crippen molar-refractivity contribution in [2.45, 2.75) is 39.8 Å². The van der Waals surface area contributed by atoms with E-state index in [4.69, 9.17) is 14.2 Å². The largest absolute Gasteiger partial charge is 0.496 e. The first-order valence-electron chi connectivity index (χ1n) is 8.41. The zero-order chi connectivity index (χ0) is 19.7. The highest BCUT2D eigenvalue weighted by molar-refractivity contribution is 5.91. The van der Waals surface area contributed by atoms with Gasteiger partial charge in [0.15, 0.2) is 6.61 Å². The number of nitrogens with zero attached hydrogens (tertiary/aromatic N) is 1. The zero-order valence-corrected chi connectivity index (χ0v) is 15.9. The van der Waals surface area contributed by atoms with Crippen LogP contribution in [0.4, 0.5) is 0 Å². The molecule has 0 saturated heterocycles. The first kappa shape index (κ1) is 21.5. The van der Waals surface area contributed by atoms with Crippen molar-refractivity contribution in [2.75, 3.05) is 20.3 Å². The van der Waals surface area contributed by atoms with Crippen LogP contribution in [0.1, 0.15) is 43.6 Å². The molecule has 0 fully saturated rings.